The van der Waals surface area contributed by atoms with Gasteiger partial charge < -0.3 is 25.8 Å². The van der Waals surface area contributed by atoms with Gasteiger partial charge in [-0.15, -0.1) is 0 Å². The molecule has 0 fully saturated rings. The highest BCUT2D eigenvalue weighted by molar-refractivity contribution is 9.10. The van der Waals surface area contributed by atoms with Crippen LogP contribution in [0, 0.1) is 0 Å². The minimum absolute atomic E-state index is 0.00848. The SMILES string of the molecule is NC(=O)NC(CC(=O)Nc1cc2c(cc1Br)OCCO2)c1ccc(Cl)cc1. The van der Waals surface area contributed by atoms with Crippen molar-refractivity contribution >= 4 is 45.2 Å². The van der Waals surface area contributed by atoms with Crippen LogP contribution in [0.15, 0.2) is 40.9 Å². The van der Waals surface area contributed by atoms with E-state index in [1.807, 2.05) is 0 Å². The van der Waals surface area contributed by atoms with E-state index in [0.717, 1.165) is 5.56 Å². The molecule has 4 N–H and O–H groups in total. The third-order valence-electron chi connectivity index (χ3n) is 3.88. The molecule has 1 unspecified atom stereocenters. The Bertz CT molecular complexity index is 860. The van der Waals surface area contributed by atoms with Gasteiger partial charge in [0.15, 0.2) is 11.5 Å². The number of rotatable bonds is 5. The number of carbonyl (C=O) groups is 2. The summed E-state index contributed by atoms with van der Waals surface area (Å²) in [5, 5.41) is 5.94. The highest BCUT2D eigenvalue weighted by atomic mass is 79.9. The zero-order valence-corrected chi connectivity index (χ0v) is 16.5. The lowest BCUT2D eigenvalue weighted by molar-refractivity contribution is -0.116. The highest BCUT2D eigenvalue weighted by Gasteiger charge is 2.20. The predicted octanol–water partition coefficient (Wildman–Crippen LogP) is 3.61. The van der Waals surface area contributed by atoms with Gasteiger partial charge in [0.25, 0.3) is 0 Å². The van der Waals surface area contributed by atoms with E-state index >= 15 is 0 Å². The number of urea groups is 1. The molecule has 1 aliphatic heterocycles. The average molecular weight is 455 g/mol. The average Bonchev–Trinajstić information content (AvgIpc) is 2.62. The number of fused-ring (bicyclic) bond motifs is 1. The van der Waals surface area contributed by atoms with Gasteiger partial charge in [-0.1, -0.05) is 23.7 Å². The van der Waals surface area contributed by atoms with E-state index in [4.69, 9.17) is 26.8 Å². The monoisotopic (exact) mass is 453 g/mol. The summed E-state index contributed by atoms with van der Waals surface area (Å²) in [5.41, 5.74) is 6.50. The van der Waals surface area contributed by atoms with E-state index in [9.17, 15) is 9.59 Å². The first-order chi connectivity index (χ1) is 12.9. The Labute approximate surface area is 169 Å². The second-order valence-corrected chi connectivity index (χ2v) is 7.13. The largest absolute Gasteiger partial charge is 0.486 e. The van der Waals surface area contributed by atoms with E-state index in [1.54, 1.807) is 36.4 Å². The maximum absolute atomic E-state index is 12.5. The molecule has 1 heterocycles. The third-order valence-corrected chi connectivity index (χ3v) is 4.79. The van der Waals surface area contributed by atoms with Crippen LogP contribution in [0.5, 0.6) is 11.5 Å². The molecule has 0 aromatic heterocycles. The molecule has 7 nitrogen and oxygen atoms in total. The van der Waals surface area contributed by atoms with Crippen molar-refractivity contribution in [3.63, 3.8) is 0 Å². The van der Waals surface area contributed by atoms with E-state index < -0.39 is 12.1 Å². The van der Waals surface area contributed by atoms with Crippen molar-refractivity contribution in [2.75, 3.05) is 18.5 Å². The normalized spacial score (nSPS) is 13.6. The molecule has 0 radical (unpaired) electrons. The zero-order valence-electron chi connectivity index (χ0n) is 14.1. The predicted molar refractivity (Wildman–Crippen MR) is 105 cm³/mol. The first-order valence-electron chi connectivity index (χ1n) is 8.13. The topological polar surface area (TPSA) is 103 Å². The summed E-state index contributed by atoms with van der Waals surface area (Å²) in [6.45, 7) is 0.926. The van der Waals surface area contributed by atoms with Gasteiger partial charge in [-0.05, 0) is 33.6 Å². The maximum Gasteiger partial charge on any atom is 0.312 e. The van der Waals surface area contributed by atoms with E-state index in [2.05, 4.69) is 26.6 Å². The van der Waals surface area contributed by atoms with Gasteiger partial charge in [-0.3, -0.25) is 4.79 Å². The summed E-state index contributed by atoms with van der Waals surface area (Å²) in [7, 11) is 0. The minimum atomic E-state index is -0.719. The number of carbonyl (C=O) groups excluding carboxylic acids is 2. The van der Waals surface area contributed by atoms with Crippen molar-refractivity contribution in [1.29, 1.82) is 0 Å². The smallest absolute Gasteiger partial charge is 0.312 e. The van der Waals surface area contributed by atoms with Crippen LogP contribution in [0.25, 0.3) is 0 Å². The summed E-state index contributed by atoms with van der Waals surface area (Å²) in [6, 6.07) is 8.95. The number of hydrogen-bond donors (Lipinski definition) is 3. The molecule has 0 aliphatic carbocycles. The second kappa shape index (κ2) is 8.49. The fourth-order valence-corrected chi connectivity index (χ4v) is 3.21. The van der Waals surface area contributed by atoms with Crippen LogP contribution in [0.2, 0.25) is 5.02 Å². The first kappa shape index (κ1) is 19.3. The number of nitrogens with one attached hydrogen (secondary N) is 2. The Morgan fingerprint density at radius 3 is 2.41 bits per heavy atom. The number of nitrogens with two attached hydrogens (primary N) is 1. The van der Waals surface area contributed by atoms with Crippen LogP contribution < -0.4 is 25.8 Å². The van der Waals surface area contributed by atoms with Gasteiger partial charge >= 0.3 is 6.03 Å². The molecule has 1 aliphatic rings. The molecular formula is C18H17BrClN3O4. The Hall–Kier alpha value is -2.45. The highest BCUT2D eigenvalue weighted by Crippen LogP contribution is 2.38. The lowest BCUT2D eigenvalue weighted by Crippen LogP contribution is -2.35. The van der Waals surface area contributed by atoms with Crippen molar-refractivity contribution < 1.29 is 19.1 Å². The molecule has 2 aromatic rings. The van der Waals surface area contributed by atoms with Crippen LogP contribution in [-0.2, 0) is 4.79 Å². The number of halogens is 2. The van der Waals surface area contributed by atoms with Gasteiger partial charge in [0.05, 0.1) is 18.2 Å². The number of amides is 3. The third kappa shape index (κ3) is 5.05. The standard InChI is InChI=1S/C18H17BrClN3O4/c19-12-7-15-16(27-6-5-26-15)8-14(12)22-17(24)9-13(23-18(21)25)10-1-3-11(20)4-2-10/h1-4,7-8,13H,5-6,9H2,(H,22,24)(H3,21,23,25). The van der Waals surface area contributed by atoms with Gasteiger partial charge in [0.1, 0.15) is 13.2 Å². The molecule has 2 aromatic carbocycles. The van der Waals surface area contributed by atoms with Crippen LogP contribution in [0.4, 0.5) is 10.5 Å². The molecule has 0 spiro atoms. The van der Waals surface area contributed by atoms with Gasteiger partial charge in [-0.25, -0.2) is 4.79 Å². The number of anilines is 1. The number of primary amides is 1. The fourth-order valence-electron chi connectivity index (χ4n) is 2.67. The molecule has 0 saturated heterocycles. The van der Waals surface area contributed by atoms with E-state index in [1.165, 1.54) is 0 Å². The Morgan fingerprint density at radius 2 is 1.78 bits per heavy atom. The van der Waals surface area contributed by atoms with E-state index in [-0.39, 0.29) is 12.3 Å². The molecule has 0 bridgehead atoms. The van der Waals surface area contributed by atoms with Gasteiger partial charge in [0, 0.05) is 21.6 Å². The lowest BCUT2D eigenvalue weighted by Gasteiger charge is -2.21. The van der Waals surface area contributed by atoms with Crippen LogP contribution in [0.3, 0.4) is 0 Å². The minimum Gasteiger partial charge on any atom is -0.486 e. The number of hydrogen-bond acceptors (Lipinski definition) is 4. The van der Waals surface area contributed by atoms with Crippen LogP contribution in [-0.4, -0.2) is 25.2 Å². The summed E-state index contributed by atoms with van der Waals surface area (Å²) in [5.74, 6) is 0.867. The molecule has 3 rings (SSSR count). The number of benzene rings is 2. The van der Waals surface area contributed by atoms with Crippen molar-refractivity contribution in [2.24, 2.45) is 5.73 Å². The summed E-state index contributed by atoms with van der Waals surface area (Å²) in [6.07, 6.45) is -0.00848. The van der Waals surface area contributed by atoms with Crippen molar-refractivity contribution in [3.05, 3.63) is 51.5 Å². The summed E-state index contributed by atoms with van der Waals surface area (Å²) in [4.78, 5) is 23.9. The van der Waals surface area contributed by atoms with Crippen LogP contribution in [0.1, 0.15) is 18.0 Å². The molecule has 142 valence electrons. The molecular weight excluding hydrogens is 438 g/mol. The molecule has 0 saturated carbocycles. The van der Waals surface area contributed by atoms with Crippen LogP contribution >= 0.6 is 27.5 Å². The Balaban J connectivity index is 1.74. The molecule has 9 heteroatoms. The molecule has 1 atom stereocenters. The van der Waals surface area contributed by atoms with Crippen molar-refractivity contribution in [3.8, 4) is 11.5 Å². The van der Waals surface area contributed by atoms with Crippen molar-refractivity contribution in [1.82, 2.24) is 5.32 Å². The number of ether oxygens (including phenoxy) is 2. The fraction of sp³-hybridized carbons (Fsp3) is 0.222. The van der Waals surface area contributed by atoms with Crippen molar-refractivity contribution in [2.45, 2.75) is 12.5 Å². The quantitative estimate of drug-likeness (QED) is 0.642. The van der Waals surface area contributed by atoms with E-state index in [0.29, 0.717) is 39.9 Å². The Kier molecular flexibility index (Phi) is 6.08. The maximum atomic E-state index is 12.5. The van der Waals surface area contributed by atoms with Gasteiger partial charge in [-0.2, -0.15) is 0 Å². The summed E-state index contributed by atoms with van der Waals surface area (Å²) < 4.78 is 11.7. The molecule has 3 amide bonds. The summed E-state index contributed by atoms with van der Waals surface area (Å²) >= 11 is 9.30. The Morgan fingerprint density at radius 1 is 1.15 bits per heavy atom. The first-order valence-corrected chi connectivity index (χ1v) is 9.30. The second-order valence-electron chi connectivity index (χ2n) is 5.84. The van der Waals surface area contributed by atoms with Gasteiger partial charge in [0.2, 0.25) is 5.91 Å². The zero-order chi connectivity index (χ0) is 19.4. The molecule has 27 heavy (non-hydrogen) atoms. The lowest BCUT2D eigenvalue weighted by atomic mass is 10.0.